The van der Waals surface area contributed by atoms with E-state index in [1.807, 2.05) is 56.3 Å². The number of carbonyl (C=O) groups is 10. The fourth-order valence-electron chi connectivity index (χ4n) is 14.3. The lowest BCUT2D eigenvalue weighted by Crippen LogP contribution is -2.60. The van der Waals surface area contributed by atoms with E-state index in [1.54, 1.807) is 126 Å². The molecule has 11 amide bonds. The number of primary amides is 1. The molecule has 0 aromatic heterocycles. The van der Waals surface area contributed by atoms with Gasteiger partial charge in [-0.05, 0) is 103 Å². The summed E-state index contributed by atoms with van der Waals surface area (Å²) in [5.74, 6) is -0.240. The standard InChI is InChI=1S/C82H115N11O19/c1-14-49(8)68(61(108-12)42-65(97)92-41-23-31-60(92)73(109-13)50(9)75(101)85-51(10)74(55-26-16-15-17-27-55)112-80-72(100)71(99)70(98)62(44-94)111-80)90-78(104)67(47(4)5)89-79(105)69(48(6)7)91(11)82(107)110-45-52-32-36-57(37-33-52)86-76(102)58(29-22-40-84-81(83)106)87-77(103)66(46(2)3)88-63(95)38-39-64(96)93-43-56-28-19-18-24-53(56)34-35-54-25-20-21-30-59(54)93/h15-21,24-28,30,32-33,36-37,46-51,58,60-62,66-74,80,94,98-100H,14,22-23,29,31,38-45H2,1-13H3,(H,85,101)(H,86,102)(H,87,103)(H,88,95)(H,89,105)(H,90,104)(H3,83,84,106). The second-order valence-electron chi connectivity index (χ2n) is 30.1. The molecule has 4 aromatic rings. The Kier molecular flexibility index (Phi) is 34.3. The van der Waals surface area contributed by atoms with Crippen LogP contribution in [0.1, 0.15) is 155 Å². The highest BCUT2D eigenvalue weighted by Gasteiger charge is 2.47. The number of likely N-dealkylation sites (tertiary alicyclic amines) is 1. The van der Waals surface area contributed by atoms with Gasteiger partial charge in [-0.25, -0.2) is 9.59 Å². The van der Waals surface area contributed by atoms with E-state index in [9.17, 15) is 68.4 Å². The van der Waals surface area contributed by atoms with E-state index in [2.05, 4.69) is 49.1 Å². The molecule has 7 rings (SSSR count). The molecule has 3 aliphatic rings. The molecule has 0 spiro atoms. The van der Waals surface area contributed by atoms with E-state index >= 15 is 0 Å². The van der Waals surface area contributed by atoms with E-state index in [-0.39, 0.29) is 69.5 Å². The Morgan fingerprint density at radius 3 is 1.95 bits per heavy atom. The number of hydrogen-bond acceptors (Lipinski definition) is 19. The van der Waals surface area contributed by atoms with Crippen molar-refractivity contribution in [3.05, 3.63) is 131 Å². The van der Waals surface area contributed by atoms with Crippen LogP contribution in [0.25, 0.3) is 0 Å². The number of anilines is 2. The predicted molar refractivity (Wildman–Crippen MR) is 416 cm³/mol. The van der Waals surface area contributed by atoms with Gasteiger partial charge in [0.25, 0.3) is 0 Å². The minimum absolute atomic E-state index is 0.0449. The number of carbonyl (C=O) groups excluding carboxylic acids is 10. The number of aliphatic hydroxyl groups is 4. The first-order valence-electron chi connectivity index (χ1n) is 38.5. The van der Waals surface area contributed by atoms with E-state index in [1.165, 1.54) is 21.3 Å². The second kappa shape index (κ2) is 42.9. The summed E-state index contributed by atoms with van der Waals surface area (Å²) in [7, 11) is 4.33. The van der Waals surface area contributed by atoms with Gasteiger partial charge in [-0.3, -0.25) is 43.3 Å². The lowest BCUT2D eigenvalue weighted by molar-refractivity contribution is -0.314. The normalized spacial score (nSPS) is 20.3. The summed E-state index contributed by atoms with van der Waals surface area (Å²) in [6.07, 6.45) is -9.85. The monoisotopic (exact) mass is 1560 g/mol. The van der Waals surface area contributed by atoms with E-state index < -0.39 is 169 Å². The average Bonchev–Trinajstić information content (AvgIpc) is 1.51. The molecular weight excluding hydrogens is 1440 g/mol. The highest BCUT2D eigenvalue weighted by Crippen LogP contribution is 2.33. The van der Waals surface area contributed by atoms with Crippen molar-refractivity contribution in [2.24, 2.45) is 35.3 Å². The van der Waals surface area contributed by atoms with Gasteiger partial charge in [0.15, 0.2) is 6.29 Å². The first-order chi connectivity index (χ1) is 53.3. The molecule has 2 saturated heterocycles. The topological polar surface area (TPSA) is 418 Å². The number of benzene rings is 4. The fraction of sp³-hybridized carbons (Fsp3) is 0.561. The number of para-hydroxylation sites is 1. The number of fused-ring (bicyclic) bond motifs is 2. The molecule has 17 unspecified atom stereocenters. The molecule has 13 N–H and O–H groups in total. The number of likely N-dealkylation sites (N-methyl/N-ethyl adjacent to an activating group) is 1. The molecule has 612 valence electrons. The Morgan fingerprint density at radius 1 is 0.679 bits per heavy atom. The zero-order chi connectivity index (χ0) is 82.2. The first kappa shape index (κ1) is 89.6. The minimum Gasteiger partial charge on any atom is -0.445 e. The summed E-state index contributed by atoms with van der Waals surface area (Å²) >= 11 is 0. The number of methoxy groups -OCH3 is 2. The van der Waals surface area contributed by atoms with Gasteiger partial charge in [0.2, 0.25) is 47.3 Å². The van der Waals surface area contributed by atoms with E-state index in [0.29, 0.717) is 53.9 Å². The van der Waals surface area contributed by atoms with Gasteiger partial charge in [-0.15, -0.1) is 0 Å². The number of rotatable bonds is 38. The summed E-state index contributed by atoms with van der Waals surface area (Å²) in [5.41, 5.74) is 9.60. The van der Waals surface area contributed by atoms with Gasteiger partial charge in [0.05, 0.1) is 61.5 Å². The maximum absolute atomic E-state index is 14.7. The molecule has 3 aliphatic heterocycles. The Morgan fingerprint density at radius 2 is 1.31 bits per heavy atom. The molecule has 0 saturated carbocycles. The number of amides is 11. The van der Waals surface area contributed by atoms with Crippen LogP contribution in [-0.4, -0.2) is 216 Å². The number of nitrogens with one attached hydrogen (secondary N) is 7. The molecular formula is C82H115N11O19. The molecule has 30 heteroatoms. The molecule has 0 radical (unpaired) electrons. The SMILES string of the molecule is CCC(C)C(NC(=O)C(NC(=O)C(C(C)C)N(C)C(=O)OCc1ccc(NC(=O)C(CCCNC(N)=O)NC(=O)C(NC(=O)CCC(=O)N2Cc3ccccc3C#Cc3ccccc32)C(C)C)cc1)C(C)C)C(CC(=O)N1CCCC1C(OC)C(C)C(=O)NC(C)C(OC1OC(CO)C(O)C(O)C1O)c1ccccc1)OC. The zero-order valence-corrected chi connectivity index (χ0v) is 66.4. The Bertz CT molecular complexity index is 3890. The third kappa shape index (κ3) is 24.2. The summed E-state index contributed by atoms with van der Waals surface area (Å²) in [6.45, 7) is 17.4. The maximum atomic E-state index is 14.7. The quantitative estimate of drug-likeness (QED) is 0.0212. The van der Waals surface area contributed by atoms with Crippen molar-refractivity contribution in [3.63, 3.8) is 0 Å². The van der Waals surface area contributed by atoms with Gasteiger partial charge < -0.3 is 96.9 Å². The van der Waals surface area contributed by atoms with E-state index in [0.717, 1.165) is 16.0 Å². The summed E-state index contributed by atoms with van der Waals surface area (Å²) in [5, 5.41) is 61.5. The largest absolute Gasteiger partial charge is 0.445 e. The van der Waals surface area contributed by atoms with Crippen LogP contribution in [0.2, 0.25) is 0 Å². The van der Waals surface area contributed by atoms with Crippen LogP contribution < -0.4 is 47.9 Å². The Balaban J connectivity index is 0.926. The lowest BCUT2D eigenvalue weighted by atomic mass is 9.90. The fourth-order valence-corrected chi connectivity index (χ4v) is 14.3. The highest BCUT2D eigenvalue weighted by molar-refractivity contribution is 6.00. The number of nitrogens with two attached hydrogens (primary N) is 1. The van der Waals surface area contributed by atoms with Gasteiger partial charge >= 0.3 is 12.1 Å². The van der Waals surface area contributed by atoms with Crippen LogP contribution in [-0.2, 0) is 75.2 Å². The average molecular weight is 1560 g/mol. The summed E-state index contributed by atoms with van der Waals surface area (Å²) < 4.78 is 29.7. The third-order valence-corrected chi connectivity index (χ3v) is 20.9. The van der Waals surface area contributed by atoms with Crippen LogP contribution in [0.4, 0.5) is 21.0 Å². The Hall–Kier alpha value is -9.58. The molecule has 3 heterocycles. The van der Waals surface area contributed by atoms with Crippen molar-refractivity contribution in [2.75, 3.05) is 51.2 Å². The van der Waals surface area contributed by atoms with Crippen LogP contribution in [0.3, 0.4) is 0 Å². The van der Waals surface area contributed by atoms with Crippen molar-refractivity contribution in [3.8, 4) is 11.8 Å². The van der Waals surface area contributed by atoms with Crippen LogP contribution in [0.15, 0.2) is 103 Å². The summed E-state index contributed by atoms with van der Waals surface area (Å²) in [4.78, 5) is 143. The third-order valence-electron chi connectivity index (χ3n) is 20.9. The molecule has 0 bridgehead atoms. The van der Waals surface area contributed by atoms with Gasteiger partial charge in [-0.1, -0.05) is 153 Å². The number of hydrogen-bond donors (Lipinski definition) is 12. The molecule has 0 aliphatic carbocycles. The summed E-state index contributed by atoms with van der Waals surface area (Å²) in [6, 6.07) is 22.6. The highest BCUT2D eigenvalue weighted by atomic mass is 16.7. The molecule has 2 fully saturated rings. The van der Waals surface area contributed by atoms with Crippen molar-refractivity contribution < 1.29 is 92.1 Å². The van der Waals surface area contributed by atoms with Crippen LogP contribution in [0.5, 0.6) is 0 Å². The Labute approximate surface area is 656 Å². The number of ether oxygens (including phenoxy) is 5. The van der Waals surface area contributed by atoms with Crippen molar-refractivity contribution >= 4 is 70.8 Å². The van der Waals surface area contributed by atoms with Gasteiger partial charge in [0.1, 0.15) is 61.3 Å². The minimum atomic E-state index is -1.70. The van der Waals surface area contributed by atoms with Crippen LogP contribution >= 0.6 is 0 Å². The van der Waals surface area contributed by atoms with E-state index in [4.69, 9.17) is 29.4 Å². The van der Waals surface area contributed by atoms with Crippen molar-refractivity contribution in [2.45, 2.75) is 225 Å². The second-order valence-corrected chi connectivity index (χ2v) is 30.1. The smallest absolute Gasteiger partial charge is 0.410 e. The molecule has 30 nitrogen and oxygen atoms in total. The van der Waals surface area contributed by atoms with Gasteiger partial charge in [-0.2, -0.15) is 0 Å². The number of urea groups is 1. The number of aliphatic hydroxyl groups excluding tert-OH is 4. The first-order valence-corrected chi connectivity index (χ1v) is 38.5. The van der Waals surface area contributed by atoms with Crippen molar-refractivity contribution in [1.29, 1.82) is 0 Å². The lowest BCUT2D eigenvalue weighted by Gasteiger charge is -2.42. The van der Waals surface area contributed by atoms with Gasteiger partial charge in [0, 0.05) is 64.0 Å². The molecule has 112 heavy (non-hydrogen) atoms. The molecule has 17 atom stereocenters. The number of nitrogens with zero attached hydrogens (tertiary/aromatic N) is 3. The molecule has 4 aromatic carbocycles. The maximum Gasteiger partial charge on any atom is 0.410 e. The van der Waals surface area contributed by atoms with Crippen molar-refractivity contribution in [1.82, 2.24) is 41.7 Å². The van der Waals surface area contributed by atoms with Crippen LogP contribution in [0, 0.1) is 41.4 Å². The predicted octanol–water partition coefficient (Wildman–Crippen LogP) is 4.80. The zero-order valence-electron chi connectivity index (χ0n) is 66.4.